The average Bonchev–Trinajstić information content (AvgIpc) is 2.58. The van der Waals surface area contributed by atoms with Crippen molar-refractivity contribution in [3.8, 4) is 0 Å². The SMILES string of the molecule is CCC1(O)CN(C2CCCCO2)C=C1Cl. The Kier molecular flexibility index (Phi) is 3.24. The minimum atomic E-state index is -0.859. The zero-order valence-electron chi connectivity index (χ0n) is 9.08. The van der Waals surface area contributed by atoms with Gasteiger partial charge >= 0.3 is 0 Å². The molecule has 0 aliphatic carbocycles. The monoisotopic (exact) mass is 231 g/mol. The van der Waals surface area contributed by atoms with Gasteiger partial charge in [-0.05, 0) is 25.7 Å². The summed E-state index contributed by atoms with van der Waals surface area (Å²) >= 11 is 6.05. The van der Waals surface area contributed by atoms with E-state index in [2.05, 4.69) is 0 Å². The molecule has 0 radical (unpaired) electrons. The van der Waals surface area contributed by atoms with Crippen molar-refractivity contribution >= 4 is 11.6 Å². The molecule has 0 aromatic rings. The van der Waals surface area contributed by atoms with Crippen LogP contribution in [-0.4, -0.2) is 35.0 Å². The van der Waals surface area contributed by atoms with Crippen molar-refractivity contribution in [2.24, 2.45) is 0 Å². The van der Waals surface area contributed by atoms with Crippen molar-refractivity contribution in [3.63, 3.8) is 0 Å². The van der Waals surface area contributed by atoms with Gasteiger partial charge in [-0.15, -0.1) is 0 Å². The van der Waals surface area contributed by atoms with Gasteiger partial charge in [-0.25, -0.2) is 0 Å². The lowest BCUT2D eigenvalue weighted by Crippen LogP contribution is -2.41. The molecule has 1 fully saturated rings. The third kappa shape index (κ3) is 2.14. The number of hydrogen-bond acceptors (Lipinski definition) is 3. The molecule has 2 aliphatic rings. The summed E-state index contributed by atoms with van der Waals surface area (Å²) in [5.41, 5.74) is -0.859. The average molecular weight is 232 g/mol. The van der Waals surface area contributed by atoms with Crippen molar-refractivity contribution in [3.05, 3.63) is 11.2 Å². The third-order valence-corrected chi connectivity index (χ3v) is 3.73. The van der Waals surface area contributed by atoms with E-state index in [1.165, 1.54) is 6.42 Å². The summed E-state index contributed by atoms with van der Waals surface area (Å²) in [6.07, 6.45) is 5.94. The highest BCUT2D eigenvalue weighted by molar-refractivity contribution is 6.30. The van der Waals surface area contributed by atoms with Crippen LogP contribution in [0, 0.1) is 0 Å². The molecule has 0 aromatic heterocycles. The zero-order valence-corrected chi connectivity index (χ0v) is 9.83. The Bertz CT molecular complexity index is 263. The highest BCUT2D eigenvalue weighted by atomic mass is 35.5. The van der Waals surface area contributed by atoms with Crippen molar-refractivity contribution in [2.75, 3.05) is 13.2 Å². The van der Waals surface area contributed by atoms with E-state index in [0.29, 0.717) is 18.0 Å². The van der Waals surface area contributed by atoms with Crippen molar-refractivity contribution < 1.29 is 9.84 Å². The molecule has 0 bridgehead atoms. The fraction of sp³-hybridized carbons (Fsp3) is 0.818. The molecule has 2 rings (SSSR count). The van der Waals surface area contributed by atoms with E-state index in [1.54, 1.807) is 0 Å². The van der Waals surface area contributed by atoms with Gasteiger partial charge in [-0.3, -0.25) is 0 Å². The van der Waals surface area contributed by atoms with Crippen molar-refractivity contribution in [1.82, 2.24) is 4.90 Å². The molecule has 1 saturated heterocycles. The number of ether oxygens (including phenoxy) is 1. The van der Waals surface area contributed by atoms with Crippen molar-refractivity contribution in [2.45, 2.75) is 44.4 Å². The molecule has 2 aliphatic heterocycles. The van der Waals surface area contributed by atoms with Crippen LogP contribution in [0.3, 0.4) is 0 Å². The maximum Gasteiger partial charge on any atom is 0.129 e. The van der Waals surface area contributed by atoms with Gasteiger partial charge in [0.25, 0.3) is 0 Å². The minimum absolute atomic E-state index is 0.105. The number of aliphatic hydroxyl groups is 1. The quantitative estimate of drug-likeness (QED) is 0.790. The first-order chi connectivity index (χ1) is 7.15. The van der Waals surface area contributed by atoms with Gasteiger partial charge in [0.15, 0.2) is 0 Å². The molecule has 1 N–H and O–H groups in total. The molecule has 2 heterocycles. The van der Waals surface area contributed by atoms with Gasteiger partial charge in [0.05, 0.1) is 11.6 Å². The minimum Gasteiger partial charge on any atom is -0.382 e. The van der Waals surface area contributed by atoms with E-state index in [1.807, 2.05) is 18.0 Å². The summed E-state index contributed by atoms with van der Waals surface area (Å²) in [7, 11) is 0. The lowest BCUT2D eigenvalue weighted by molar-refractivity contribution is -0.0773. The Morgan fingerprint density at radius 3 is 3.00 bits per heavy atom. The standard InChI is InChI=1S/C11H18ClNO2/c1-2-11(14)8-13(7-9(11)12)10-5-3-4-6-15-10/h7,10,14H,2-6,8H2,1H3. The number of halogens is 1. The van der Waals surface area contributed by atoms with Gasteiger partial charge < -0.3 is 14.7 Å². The van der Waals surface area contributed by atoms with E-state index in [0.717, 1.165) is 19.4 Å². The molecule has 0 saturated carbocycles. The van der Waals surface area contributed by atoms with Crippen LogP contribution in [0.25, 0.3) is 0 Å². The predicted octanol–water partition coefficient (Wildman–Crippen LogP) is 2.05. The summed E-state index contributed by atoms with van der Waals surface area (Å²) in [6, 6.07) is 0. The van der Waals surface area contributed by atoms with Crippen molar-refractivity contribution in [1.29, 1.82) is 0 Å². The summed E-state index contributed by atoms with van der Waals surface area (Å²) in [5.74, 6) is 0. The Balaban J connectivity index is 2.02. The molecule has 2 unspecified atom stereocenters. The van der Waals surface area contributed by atoms with Gasteiger partial charge in [0, 0.05) is 12.8 Å². The Labute approximate surface area is 95.7 Å². The molecule has 2 atom stereocenters. The second-order valence-electron chi connectivity index (χ2n) is 4.36. The number of nitrogens with zero attached hydrogens (tertiary/aromatic N) is 1. The van der Waals surface area contributed by atoms with Gasteiger partial charge in [-0.1, -0.05) is 18.5 Å². The molecule has 15 heavy (non-hydrogen) atoms. The van der Waals surface area contributed by atoms with E-state index < -0.39 is 5.60 Å². The Morgan fingerprint density at radius 1 is 1.67 bits per heavy atom. The van der Waals surface area contributed by atoms with Crippen LogP contribution >= 0.6 is 11.6 Å². The molecule has 0 spiro atoms. The first-order valence-electron chi connectivity index (χ1n) is 5.63. The zero-order chi connectivity index (χ0) is 10.9. The summed E-state index contributed by atoms with van der Waals surface area (Å²) in [6.45, 7) is 3.33. The third-order valence-electron chi connectivity index (χ3n) is 3.28. The van der Waals surface area contributed by atoms with E-state index >= 15 is 0 Å². The maximum atomic E-state index is 10.2. The predicted molar refractivity (Wildman–Crippen MR) is 59.5 cm³/mol. The highest BCUT2D eigenvalue weighted by Crippen LogP contribution is 2.34. The van der Waals surface area contributed by atoms with Crippen LogP contribution in [0.5, 0.6) is 0 Å². The second-order valence-corrected chi connectivity index (χ2v) is 4.76. The van der Waals surface area contributed by atoms with Crippen LogP contribution in [0.15, 0.2) is 11.2 Å². The Morgan fingerprint density at radius 2 is 2.47 bits per heavy atom. The molecule has 4 heteroatoms. The second kappa shape index (κ2) is 4.32. The fourth-order valence-corrected chi connectivity index (χ4v) is 2.46. The lowest BCUT2D eigenvalue weighted by atomic mass is 10.0. The van der Waals surface area contributed by atoms with Crippen LogP contribution in [0.4, 0.5) is 0 Å². The van der Waals surface area contributed by atoms with Crippen LogP contribution in [0.1, 0.15) is 32.6 Å². The summed E-state index contributed by atoms with van der Waals surface area (Å²) in [5, 5.41) is 10.7. The van der Waals surface area contributed by atoms with E-state index in [4.69, 9.17) is 16.3 Å². The Hall–Kier alpha value is -0.250. The first-order valence-corrected chi connectivity index (χ1v) is 6.01. The van der Waals surface area contributed by atoms with Gasteiger partial charge in [0.2, 0.25) is 0 Å². The van der Waals surface area contributed by atoms with Crippen LogP contribution in [-0.2, 0) is 4.74 Å². The number of β-amino-alcohol motifs (C(OH)–C–C–N with tert-alkyl or cyclic N) is 1. The van der Waals surface area contributed by atoms with Gasteiger partial charge in [-0.2, -0.15) is 0 Å². The van der Waals surface area contributed by atoms with E-state index in [-0.39, 0.29) is 6.23 Å². The first kappa shape index (κ1) is 11.2. The maximum absolute atomic E-state index is 10.2. The molecule has 0 aromatic carbocycles. The topological polar surface area (TPSA) is 32.7 Å². The van der Waals surface area contributed by atoms with Crippen LogP contribution < -0.4 is 0 Å². The van der Waals surface area contributed by atoms with Gasteiger partial charge in [0.1, 0.15) is 11.8 Å². The summed E-state index contributed by atoms with van der Waals surface area (Å²) < 4.78 is 5.66. The fourth-order valence-electron chi connectivity index (χ4n) is 2.14. The number of hydrogen-bond donors (Lipinski definition) is 1. The molecular weight excluding hydrogens is 214 g/mol. The molecule has 3 nitrogen and oxygen atoms in total. The summed E-state index contributed by atoms with van der Waals surface area (Å²) in [4.78, 5) is 2.03. The lowest BCUT2D eigenvalue weighted by Gasteiger charge is -2.33. The number of rotatable bonds is 2. The molecule has 86 valence electrons. The van der Waals surface area contributed by atoms with Crippen LogP contribution in [0.2, 0.25) is 0 Å². The highest BCUT2D eigenvalue weighted by Gasteiger charge is 2.39. The normalized spacial score (nSPS) is 36.9. The molecule has 0 amide bonds. The largest absolute Gasteiger partial charge is 0.382 e. The van der Waals surface area contributed by atoms with E-state index in [9.17, 15) is 5.11 Å². The molecular formula is C11H18ClNO2. The smallest absolute Gasteiger partial charge is 0.129 e.